The highest BCUT2D eigenvalue weighted by molar-refractivity contribution is 7.99. The van der Waals surface area contributed by atoms with E-state index in [0.29, 0.717) is 21.8 Å². The molecule has 0 atom stereocenters. The van der Waals surface area contributed by atoms with Crippen LogP contribution in [0.2, 0.25) is 0 Å². The number of hydrogen-bond acceptors (Lipinski definition) is 4. The van der Waals surface area contributed by atoms with Gasteiger partial charge in [-0.05, 0) is 57.0 Å². The lowest BCUT2D eigenvalue weighted by atomic mass is 10.1. The van der Waals surface area contributed by atoms with Gasteiger partial charge in [0.2, 0.25) is 0 Å². The van der Waals surface area contributed by atoms with Gasteiger partial charge in [-0.2, -0.15) is 0 Å². The Morgan fingerprint density at radius 3 is 2.60 bits per heavy atom. The molecular weight excluding hydrogens is 332 g/mol. The monoisotopic (exact) mass is 354 g/mol. The van der Waals surface area contributed by atoms with Gasteiger partial charge < -0.3 is 5.11 Å². The van der Waals surface area contributed by atoms with Crippen molar-refractivity contribution in [2.75, 3.05) is 5.75 Å². The van der Waals surface area contributed by atoms with Gasteiger partial charge in [0.1, 0.15) is 0 Å². The second kappa shape index (κ2) is 6.65. The van der Waals surface area contributed by atoms with Crippen LogP contribution in [0, 0.1) is 13.8 Å². The third-order valence-corrected chi connectivity index (χ3v) is 5.29. The molecule has 0 radical (unpaired) electrons. The van der Waals surface area contributed by atoms with Crippen molar-refractivity contribution in [3.8, 4) is 5.69 Å². The average Bonchev–Trinajstić information content (AvgIpc) is 2.55. The van der Waals surface area contributed by atoms with E-state index in [-0.39, 0.29) is 5.56 Å². The number of aryl methyl sites for hydroxylation is 2. The summed E-state index contributed by atoms with van der Waals surface area (Å²) in [6.45, 7) is 7.50. The number of fused-ring (bicyclic) bond motifs is 1. The SMILES string of the molecule is Cc1ccc(C)c(-n2c(SCC(C)(C)O)nc3ccccc3c2=O)c1. The Labute approximate surface area is 151 Å². The van der Waals surface area contributed by atoms with E-state index >= 15 is 0 Å². The number of thioether (sulfide) groups is 1. The van der Waals surface area contributed by atoms with E-state index in [2.05, 4.69) is 0 Å². The van der Waals surface area contributed by atoms with E-state index in [0.717, 1.165) is 16.8 Å². The maximum Gasteiger partial charge on any atom is 0.266 e. The Morgan fingerprint density at radius 1 is 1.16 bits per heavy atom. The number of benzene rings is 2. The fourth-order valence-electron chi connectivity index (χ4n) is 2.62. The molecule has 25 heavy (non-hydrogen) atoms. The van der Waals surface area contributed by atoms with Gasteiger partial charge in [0.25, 0.3) is 5.56 Å². The number of nitrogens with zero attached hydrogens (tertiary/aromatic N) is 2. The van der Waals surface area contributed by atoms with E-state index in [9.17, 15) is 9.90 Å². The van der Waals surface area contributed by atoms with Gasteiger partial charge >= 0.3 is 0 Å². The molecule has 3 aromatic rings. The molecule has 4 nitrogen and oxygen atoms in total. The van der Waals surface area contributed by atoms with E-state index < -0.39 is 5.60 Å². The summed E-state index contributed by atoms with van der Waals surface area (Å²) in [5.74, 6) is 0.447. The van der Waals surface area contributed by atoms with Crippen LogP contribution in [0.5, 0.6) is 0 Å². The van der Waals surface area contributed by atoms with Crippen LogP contribution in [0.15, 0.2) is 52.4 Å². The van der Waals surface area contributed by atoms with Gasteiger partial charge in [0.05, 0.1) is 22.2 Å². The zero-order valence-corrected chi connectivity index (χ0v) is 15.7. The topological polar surface area (TPSA) is 55.1 Å². The first-order valence-electron chi connectivity index (χ1n) is 8.21. The Morgan fingerprint density at radius 2 is 1.88 bits per heavy atom. The van der Waals surface area contributed by atoms with E-state index in [4.69, 9.17) is 4.98 Å². The van der Waals surface area contributed by atoms with E-state index in [1.165, 1.54) is 11.8 Å². The van der Waals surface area contributed by atoms with Crippen molar-refractivity contribution in [1.29, 1.82) is 0 Å². The van der Waals surface area contributed by atoms with Crippen molar-refractivity contribution in [3.63, 3.8) is 0 Å². The van der Waals surface area contributed by atoms with Gasteiger partial charge in [-0.15, -0.1) is 0 Å². The molecule has 1 N–H and O–H groups in total. The van der Waals surface area contributed by atoms with Crippen LogP contribution in [0.4, 0.5) is 0 Å². The summed E-state index contributed by atoms with van der Waals surface area (Å²) >= 11 is 1.39. The second-order valence-corrected chi connectivity index (χ2v) is 7.89. The van der Waals surface area contributed by atoms with Crippen LogP contribution in [-0.4, -0.2) is 26.0 Å². The fraction of sp³-hybridized carbons (Fsp3) is 0.300. The highest BCUT2D eigenvalue weighted by atomic mass is 32.2. The van der Waals surface area contributed by atoms with Crippen LogP contribution in [0.1, 0.15) is 25.0 Å². The maximum atomic E-state index is 13.2. The molecule has 5 heteroatoms. The van der Waals surface area contributed by atoms with Crippen molar-refractivity contribution < 1.29 is 5.11 Å². The summed E-state index contributed by atoms with van der Waals surface area (Å²) in [5.41, 5.74) is 2.67. The van der Waals surface area contributed by atoms with Crippen molar-refractivity contribution >= 4 is 22.7 Å². The van der Waals surface area contributed by atoms with Crippen LogP contribution >= 0.6 is 11.8 Å². The number of hydrogen-bond donors (Lipinski definition) is 1. The molecule has 0 spiro atoms. The van der Waals surface area contributed by atoms with Crippen LogP contribution in [0.3, 0.4) is 0 Å². The Hall–Kier alpha value is -2.11. The van der Waals surface area contributed by atoms with Gasteiger partial charge in [-0.25, -0.2) is 4.98 Å². The lowest BCUT2D eigenvalue weighted by Gasteiger charge is -2.19. The van der Waals surface area contributed by atoms with Gasteiger partial charge in [0, 0.05) is 5.75 Å². The molecule has 2 aromatic carbocycles. The van der Waals surface area contributed by atoms with Gasteiger partial charge in [0.15, 0.2) is 5.16 Å². The van der Waals surface area contributed by atoms with Gasteiger partial charge in [-0.1, -0.05) is 36.0 Å². The number of aromatic nitrogens is 2. The summed E-state index contributed by atoms with van der Waals surface area (Å²) in [6.07, 6.45) is 0. The highest BCUT2D eigenvalue weighted by Gasteiger charge is 2.19. The summed E-state index contributed by atoms with van der Waals surface area (Å²) in [7, 11) is 0. The smallest absolute Gasteiger partial charge is 0.266 e. The van der Waals surface area contributed by atoms with E-state index in [1.54, 1.807) is 24.5 Å². The molecule has 0 aliphatic heterocycles. The third-order valence-electron chi connectivity index (χ3n) is 3.90. The van der Waals surface area contributed by atoms with E-state index in [1.807, 2.05) is 50.2 Å². The highest BCUT2D eigenvalue weighted by Crippen LogP contribution is 2.26. The molecule has 1 heterocycles. The fourth-order valence-corrected chi connectivity index (χ4v) is 3.58. The lowest BCUT2D eigenvalue weighted by molar-refractivity contribution is 0.107. The first kappa shape index (κ1) is 17.7. The second-order valence-electron chi connectivity index (χ2n) is 6.94. The Bertz CT molecular complexity index is 987. The molecule has 0 saturated carbocycles. The van der Waals surface area contributed by atoms with Crippen molar-refractivity contribution in [3.05, 3.63) is 63.9 Å². The Balaban J connectivity index is 2.28. The summed E-state index contributed by atoms with van der Waals surface area (Å²) in [5, 5.41) is 11.3. The molecule has 130 valence electrons. The van der Waals surface area contributed by atoms with Gasteiger partial charge in [-0.3, -0.25) is 9.36 Å². The molecular formula is C20H22N2O2S. The zero-order valence-electron chi connectivity index (χ0n) is 14.9. The van der Waals surface area contributed by atoms with Crippen LogP contribution in [-0.2, 0) is 0 Å². The molecule has 0 aliphatic carbocycles. The number of aliphatic hydroxyl groups is 1. The van der Waals surface area contributed by atoms with Crippen molar-refractivity contribution in [2.45, 2.75) is 38.5 Å². The molecule has 0 amide bonds. The zero-order chi connectivity index (χ0) is 18.2. The molecule has 0 unspecified atom stereocenters. The average molecular weight is 354 g/mol. The minimum absolute atomic E-state index is 0.0856. The predicted molar refractivity (Wildman–Crippen MR) is 104 cm³/mol. The van der Waals surface area contributed by atoms with Crippen molar-refractivity contribution in [1.82, 2.24) is 9.55 Å². The number of rotatable bonds is 4. The molecule has 0 fully saturated rings. The predicted octanol–water partition coefficient (Wildman–Crippen LogP) is 3.87. The summed E-state index contributed by atoms with van der Waals surface area (Å²) < 4.78 is 1.67. The third kappa shape index (κ3) is 3.78. The molecule has 1 aromatic heterocycles. The lowest BCUT2D eigenvalue weighted by Crippen LogP contribution is -2.25. The van der Waals surface area contributed by atoms with Crippen LogP contribution < -0.4 is 5.56 Å². The number of para-hydroxylation sites is 1. The molecule has 0 saturated heterocycles. The largest absolute Gasteiger partial charge is 0.390 e. The Kier molecular flexibility index (Phi) is 4.71. The summed E-state index contributed by atoms with van der Waals surface area (Å²) in [4.78, 5) is 17.9. The minimum Gasteiger partial charge on any atom is -0.390 e. The molecule has 0 bridgehead atoms. The maximum absolute atomic E-state index is 13.2. The minimum atomic E-state index is -0.847. The quantitative estimate of drug-likeness (QED) is 0.571. The summed E-state index contributed by atoms with van der Waals surface area (Å²) in [6, 6.07) is 13.4. The molecule has 3 rings (SSSR count). The normalized spacial score (nSPS) is 11.9. The first-order chi connectivity index (χ1) is 11.8. The standard InChI is InChI=1S/C20H22N2O2S/c1-13-9-10-14(2)17(11-13)22-18(23)15-7-5-6-8-16(15)21-19(22)25-12-20(3,4)24/h5-11,24H,12H2,1-4H3. The first-order valence-corrected chi connectivity index (χ1v) is 9.19. The van der Waals surface area contributed by atoms with Crippen LogP contribution in [0.25, 0.3) is 16.6 Å². The molecule has 0 aliphatic rings. The van der Waals surface area contributed by atoms with Crippen molar-refractivity contribution in [2.24, 2.45) is 0 Å².